The van der Waals surface area contributed by atoms with Crippen molar-refractivity contribution in [2.45, 2.75) is 26.5 Å². The first kappa shape index (κ1) is 13.9. The quantitative estimate of drug-likeness (QED) is 0.873. The Morgan fingerprint density at radius 2 is 2.18 bits per heavy atom. The maximum absolute atomic E-state index is 12.0. The maximum Gasteiger partial charge on any atom is 0.315 e. The molecule has 94 valence electrons. The van der Waals surface area contributed by atoms with Crippen molar-refractivity contribution >= 4 is 17.5 Å². The van der Waals surface area contributed by atoms with E-state index in [0.717, 1.165) is 5.56 Å². The summed E-state index contributed by atoms with van der Waals surface area (Å²) in [6.07, 6.45) is -3.05. The number of aliphatic hydroxyl groups is 1. The van der Waals surface area contributed by atoms with Gasteiger partial charge in [0.15, 0.2) is 0 Å². The average molecular weight is 264 g/mol. The Labute approximate surface area is 102 Å². The van der Waals surface area contributed by atoms with Crippen LogP contribution in [0, 0.1) is 6.92 Å². The fourth-order valence-corrected chi connectivity index (χ4v) is 1.79. The molecular formula is C11H12ClF2NO2. The topological polar surface area (TPSA) is 49.3 Å². The molecule has 0 fully saturated rings. The van der Waals surface area contributed by atoms with Crippen LogP contribution in [0.1, 0.15) is 16.7 Å². The van der Waals surface area contributed by atoms with Gasteiger partial charge in [0.05, 0.1) is 6.61 Å². The Morgan fingerprint density at radius 3 is 2.71 bits per heavy atom. The summed E-state index contributed by atoms with van der Waals surface area (Å²) < 4.78 is 24.0. The summed E-state index contributed by atoms with van der Waals surface area (Å²) in [5, 5.41) is 11.5. The molecule has 3 nitrogen and oxygen atoms in total. The highest BCUT2D eigenvalue weighted by Crippen LogP contribution is 2.22. The second kappa shape index (κ2) is 5.93. The Kier molecular flexibility index (Phi) is 4.84. The number of amides is 1. The molecule has 0 spiro atoms. The summed E-state index contributed by atoms with van der Waals surface area (Å²) in [6, 6.07) is 3.34. The van der Waals surface area contributed by atoms with Crippen molar-refractivity contribution in [3.63, 3.8) is 0 Å². The second-order valence-corrected chi connectivity index (χ2v) is 3.97. The molecule has 0 aliphatic rings. The number of rotatable bonds is 4. The lowest BCUT2D eigenvalue weighted by atomic mass is 10.0. The molecule has 0 heterocycles. The molecule has 0 bridgehead atoms. The molecular weight excluding hydrogens is 252 g/mol. The minimum atomic E-state index is -3.05. The van der Waals surface area contributed by atoms with Crippen LogP contribution in [0.25, 0.3) is 0 Å². The molecule has 6 heteroatoms. The second-order valence-electron chi connectivity index (χ2n) is 3.56. The predicted molar refractivity (Wildman–Crippen MR) is 60.0 cm³/mol. The molecule has 1 aromatic carbocycles. The number of aryl methyl sites for hydroxylation is 1. The normalized spacial score (nSPS) is 10.7. The monoisotopic (exact) mass is 263 g/mol. The summed E-state index contributed by atoms with van der Waals surface area (Å²) in [4.78, 5) is 10.7. The van der Waals surface area contributed by atoms with Crippen molar-refractivity contribution in [3.8, 4) is 0 Å². The zero-order valence-corrected chi connectivity index (χ0v) is 9.89. The maximum atomic E-state index is 12.0. The smallest absolute Gasteiger partial charge is 0.315 e. The standard InChI is InChI=1S/C11H12ClF2NO2/c1-6-2-7(4-15-11(17)10(13)14)8(5-16)9(12)3-6/h2-3,10,16H,4-5H2,1H3,(H,15,17). The van der Waals surface area contributed by atoms with Gasteiger partial charge in [-0.15, -0.1) is 0 Å². The lowest BCUT2D eigenvalue weighted by Gasteiger charge is -2.11. The minimum Gasteiger partial charge on any atom is -0.392 e. The number of hydrogen-bond acceptors (Lipinski definition) is 2. The van der Waals surface area contributed by atoms with Gasteiger partial charge in [-0.05, 0) is 24.1 Å². The van der Waals surface area contributed by atoms with Gasteiger partial charge in [-0.25, -0.2) is 0 Å². The fourth-order valence-electron chi connectivity index (χ4n) is 1.44. The zero-order chi connectivity index (χ0) is 13.0. The van der Waals surface area contributed by atoms with Crippen LogP contribution in [0.2, 0.25) is 5.02 Å². The van der Waals surface area contributed by atoms with Crippen molar-refractivity contribution in [2.75, 3.05) is 0 Å². The third-order valence-electron chi connectivity index (χ3n) is 2.24. The van der Waals surface area contributed by atoms with Gasteiger partial charge in [0.2, 0.25) is 0 Å². The lowest BCUT2D eigenvalue weighted by molar-refractivity contribution is -0.131. The number of carbonyl (C=O) groups is 1. The van der Waals surface area contributed by atoms with Crippen LogP contribution >= 0.6 is 11.6 Å². The highest BCUT2D eigenvalue weighted by Gasteiger charge is 2.15. The van der Waals surface area contributed by atoms with Gasteiger partial charge in [0.1, 0.15) is 0 Å². The van der Waals surface area contributed by atoms with Crippen LogP contribution in [-0.2, 0) is 17.9 Å². The highest BCUT2D eigenvalue weighted by atomic mass is 35.5. The van der Waals surface area contributed by atoms with Gasteiger partial charge in [-0.1, -0.05) is 17.7 Å². The molecule has 0 radical (unpaired) electrons. The van der Waals surface area contributed by atoms with Crippen molar-refractivity contribution in [1.82, 2.24) is 5.32 Å². The predicted octanol–water partition coefficient (Wildman–Crippen LogP) is 2.02. The van der Waals surface area contributed by atoms with E-state index in [2.05, 4.69) is 5.32 Å². The van der Waals surface area contributed by atoms with Crippen LogP contribution in [0.15, 0.2) is 12.1 Å². The van der Waals surface area contributed by atoms with E-state index >= 15 is 0 Å². The van der Waals surface area contributed by atoms with E-state index in [0.29, 0.717) is 16.1 Å². The van der Waals surface area contributed by atoms with Gasteiger partial charge in [0, 0.05) is 17.1 Å². The number of carbonyl (C=O) groups excluding carboxylic acids is 1. The van der Waals surface area contributed by atoms with Gasteiger partial charge < -0.3 is 10.4 Å². The first-order chi connectivity index (χ1) is 7.95. The molecule has 1 amide bonds. The summed E-state index contributed by atoms with van der Waals surface area (Å²) in [5.41, 5.74) is 1.80. The van der Waals surface area contributed by atoms with E-state index in [-0.39, 0.29) is 13.2 Å². The molecule has 0 unspecified atom stereocenters. The summed E-state index contributed by atoms with van der Waals surface area (Å²) in [6.45, 7) is 1.39. The van der Waals surface area contributed by atoms with Crippen molar-refractivity contribution in [1.29, 1.82) is 0 Å². The Balaban J connectivity index is 2.86. The number of alkyl halides is 2. The number of benzene rings is 1. The van der Waals surface area contributed by atoms with Crippen LogP contribution in [-0.4, -0.2) is 17.4 Å². The third-order valence-corrected chi connectivity index (χ3v) is 2.58. The summed E-state index contributed by atoms with van der Waals surface area (Å²) in [5.74, 6) is -1.34. The molecule has 2 N–H and O–H groups in total. The van der Waals surface area contributed by atoms with Crippen LogP contribution in [0.5, 0.6) is 0 Å². The molecule has 1 rings (SSSR count). The first-order valence-electron chi connectivity index (χ1n) is 4.90. The van der Waals surface area contributed by atoms with Crippen LogP contribution in [0.3, 0.4) is 0 Å². The number of halogens is 3. The largest absolute Gasteiger partial charge is 0.392 e. The van der Waals surface area contributed by atoms with Crippen LogP contribution < -0.4 is 5.32 Å². The Morgan fingerprint density at radius 1 is 1.53 bits per heavy atom. The Hall–Kier alpha value is -1.20. The SMILES string of the molecule is Cc1cc(Cl)c(CO)c(CNC(=O)C(F)F)c1. The molecule has 0 saturated heterocycles. The molecule has 0 aromatic heterocycles. The lowest BCUT2D eigenvalue weighted by Crippen LogP contribution is -2.29. The van der Waals surface area contributed by atoms with E-state index in [1.165, 1.54) is 0 Å². The third kappa shape index (κ3) is 3.64. The molecule has 0 aliphatic heterocycles. The van der Waals surface area contributed by atoms with Gasteiger partial charge in [-0.3, -0.25) is 4.79 Å². The van der Waals surface area contributed by atoms with Gasteiger partial charge in [0.25, 0.3) is 5.91 Å². The molecule has 1 aromatic rings. The van der Waals surface area contributed by atoms with E-state index in [9.17, 15) is 13.6 Å². The molecule has 0 aliphatic carbocycles. The van der Waals surface area contributed by atoms with E-state index in [1.54, 1.807) is 19.1 Å². The first-order valence-corrected chi connectivity index (χ1v) is 5.28. The summed E-state index contributed by atoms with van der Waals surface area (Å²) in [7, 11) is 0. The molecule has 0 saturated carbocycles. The van der Waals surface area contributed by atoms with Gasteiger partial charge >= 0.3 is 6.43 Å². The molecule has 0 atom stereocenters. The average Bonchev–Trinajstić information content (AvgIpc) is 2.24. The minimum absolute atomic E-state index is 0.0829. The van der Waals surface area contributed by atoms with Crippen molar-refractivity contribution < 1.29 is 18.7 Å². The van der Waals surface area contributed by atoms with E-state index < -0.39 is 12.3 Å². The van der Waals surface area contributed by atoms with Crippen molar-refractivity contribution in [3.05, 3.63) is 33.8 Å². The number of hydrogen-bond donors (Lipinski definition) is 2. The summed E-state index contributed by atoms with van der Waals surface area (Å²) >= 11 is 5.89. The molecule has 17 heavy (non-hydrogen) atoms. The van der Waals surface area contributed by atoms with E-state index in [1.807, 2.05) is 0 Å². The van der Waals surface area contributed by atoms with E-state index in [4.69, 9.17) is 16.7 Å². The zero-order valence-electron chi connectivity index (χ0n) is 9.14. The van der Waals surface area contributed by atoms with Crippen LogP contribution in [0.4, 0.5) is 8.78 Å². The van der Waals surface area contributed by atoms with Crippen molar-refractivity contribution in [2.24, 2.45) is 0 Å². The fraction of sp³-hybridized carbons (Fsp3) is 0.364. The number of aliphatic hydroxyl groups excluding tert-OH is 1. The highest BCUT2D eigenvalue weighted by molar-refractivity contribution is 6.31. The van der Waals surface area contributed by atoms with Gasteiger partial charge in [-0.2, -0.15) is 8.78 Å². The Bertz CT molecular complexity index is 424. The number of nitrogens with one attached hydrogen (secondary N) is 1.